The lowest BCUT2D eigenvalue weighted by atomic mass is 10.3. The molecule has 1 aliphatic rings. The minimum atomic E-state index is 0.876. The van der Waals surface area contributed by atoms with Crippen LogP contribution in [0.2, 0.25) is 0 Å². The maximum absolute atomic E-state index is 4.42. The first-order valence-corrected chi connectivity index (χ1v) is 5.64. The largest absolute Gasteiger partial charge is 0.311 e. The Morgan fingerprint density at radius 1 is 1.57 bits per heavy atom. The van der Waals surface area contributed by atoms with Gasteiger partial charge in [0, 0.05) is 18.8 Å². The summed E-state index contributed by atoms with van der Waals surface area (Å²) in [6.07, 6.45) is 5.54. The van der Waals surface area contributed by atoms with Crippen LogP contribution in [0, 0.1) is 11.8 Å². The molecule has 0 heterocycles. The van der Waals surface area contributed by atoms with E-state index in [0.717, 1.165) is 31.5 Å². The lowest BCUT2D eigenvalue weighted by molar-refractivity contribution is 0.654. The molecule has 0 amide bonds. The van der Waals surface area contributed by atoms with Gasteiger partial charge in [-0.2, -0.15) is 0 Å². The van der Waals surface area contributed by atoms with Gasteiger partial charge in [-0.25, -0.2) is 0 Å². The monoisotopic (exact) mass is 194 g/mol. The van der Waals surface area contributed by atoms with E-state index >= 15 is 0 Å². The van der Waals surface area contributed by atoms with Crippen LogP contribution in [0.4, 0.5) is 0 Å². The standard InChI is InChI=1S/C12H22N2/c1-4-6-12(14-5-2)9-13-8-11-7-10(11)3/h4,6,10-11,13H,5,7-9H2,1-3H3/b6-4-,14-12?. The van der Waals surface area contributed by atoms with Crippen LogP contribution in [0.1, 0.15) is 27.2 Å². The molecule has 1 fully saturated rings. The first kappa shape index (κ1) is 11.4. The number of hydrogen-bond acceptors (Lipinski definition) is 2. The van der Waals surface area contributed by atoms with Crippen molar-refractivity contribution >= 4 is 5.71 Å². The van der Waals surface area contributed by atoms with Gasteiger partial charge in [0.15, 0.2) is 0 Å². The Hall–Kier alpha value is -0.630. The van der Waals surface area contributed by atoms with E-state index in [0.29, 0.717) is 0 Å². The summed E-state index contributed by atoms with van der Waals surface area (Å²) in [6, 6.07) is 0. The molecule has 0 bridgehead atoms. The third-order valence-corrected chi connectivity index (χ3v) is 2.71. The summed E-state index contributed by atoms with van der Waals surface area (Å²) in [5, 5.41) is 3.47. The van der Waals surface area contributed by atoms with E-state index in [1.807, 2.05) is 6.92 Å². The van der Waals surface area contributed by atoms with Crippen LogP contribution in [0.25, 0.3) is 0 Å². The molecule has 0 aromatic heterocycles. The zero-order valence-corrected chi connectivity index (χ0v) is 9.59. The van der Waals surface area contributed by atoms with E-state index in [1.165, 1.54) is 12.1 Å². The maximum Gasteiger partial charge on any atom is 0.0482 e. The average Bonchev–Trinajstić information content (AvgIpc) is 2.83. The van der Waals surface area contributed by atoms with Gasteiger partial charge in [-0.1, -0.05) is 13.0 Å². The molecule has 0 aliphatic heterocycles. The zero-order valence-electron chi connectivity index (χ0n) is 9.59. The second-order valence-electron chi connectivity index (χ2n) is 4.07. The van der Waals surface area contributed by atoms with Gasteiger partial charge in [-0.15, -0.1) is 0 Å². The van der Waals surface area contributed by atoms with Gasteiger partial charge in [0.05, 0.1) is 0 Å². The van der Waals surface area contributed by atoms with Crippen LogP contribution in [0.15, 0.2) is 17.1 Å². The van der Waals surface area contributed by atoms with E-state index in [-0.39, 0.29) is 0 Å². The minimum Gasteiger partial charge on any atom is -0.311 e. The highest BCUT2D eigenvalue weighted by Crippen LogP contribution is 2.36. The topological polar surface area (TPSA) is 24.4 Å². The van der Waals surface area contributed by atoms with Crippen molar-refractivity contribution in [3.05, 3.63) is 12.2 Å². The van der Waals surface area contributed by atoms with E-state index in [2.05, 4.69) is 36.3 Å². The van der Waals surface area contributed by atoms with Gasteiger partial charge in [0.1, 0.15) is 0 Å². The van der Waals surface area contributed by atoms with Crippen molar-refractivity contribution in [3.63, 3.8) is 0 Å². The fourth-order valence-electron chi connectivity index (χ4n) is 1.63. The Morgan fingerprint density at radius 2 is 2.29 bits per heavy atom. The molecular weight excluding hydrogens is 172 g/mol. The Bertz CT molecular complexity index is 218. The summed E-state index contributed by atoms with van der Waals surface area (Å²) in [6.45, 7) is 9.38. The number of allylic oxidation sites excluding steroid dienone is 1. The second kappa shape index (κ2) is 5.97. The van der Waals surface area contributed by atoms with Crippen molar-refractivity contribution in [3.8, 4) is 0 Å². The molecule has 2 unspecified atom stereocenters. The second-order valence-corrected chi connectivity index (χ2v) is 4.07. The smallest absolute Gasteiger partial charge is 0.0482 e. The molecule has 80 valence electrons. The molecular formula is C12H22N2. The molecule has 1 rings (SSSR count). The normalized spacial score (nSPS) is 27.2. The van der Waals surface area contributed by atoms with Gasteiger partial charge in [0.2, 0.25) is 0 Å². The summed E-state index contributed by atoms with van der Waals surface area (Å²) < 4.78 is 0. The van der Waals surface area contributed by atoms with Crippen molar-refractivity contribution < 1.29 is 0 Å². The SMILES string of the molecule is C/C=C\C(CNCC1CC1C)=NCC. The lowest BCUT2D eigenvalue weighted by Gasteiger charge is -2.03. The first-order valence-electron chi connectivity index (χ1n) is 5.64. The maximum atomic E-state index is 4.42. The molecule has 1 saturated carbocycles. The van der Waals surface area contributed by atoms with Crippen molar-refractivity contribution in [1.29, 1.82) is 0 Å². The number of aliphatic imine (C=N–C) groups is 1. The number of hydrogen-bond donors (Lipinski definition) is 1. The van der Waals surface area contributed by atoms with Gasteiger partial charge >= 0.3 is 0 Å². The van der Waals surface area contributed by atoms with Crippen LogP contribution < -0.4 is 5.32 Å². The number of rotatable bonds is 6. The molecule has 2 nitrogen and oxygen atoms in total. The van der Waals surface area contributed by atoms with Crippen molar-refractivity contribution in [2.24, 2.45) is 16.8 Å². The first-order chi connectivity index (χ1) is 6.77. The summed E-state index contributed by atoms with van der Waals surface area (Å²) in [7, 11) is 0. The van der Waals surface area contributed by atoms with Crippen molar-refractivity contribution in [2.45, 2.75) is 27.2 Å². The molecule has 0 aromatic rings. The summed E-state index contributed by atoms with van der Waals surface area (Å²) in [5.41, 5.74) is 1.17. The van der Waals surface area contributed by atoms with Crippen LogP contribution in [-0.2, 0) is 0 Å². The van der Waals surface area contributed by atoms with Gasteiger partial charge in [-0.05, 0) is 44.7 Å². The molecule has 0 saturated heterocycles. The summed E-state index contributed by atoms with van der Waals surface area (Å²) >= 11 is 0. The third kappa shape index (κ3) is 4.05. The van der Waals surface area contributed by atoms with Gasteiger partial charge in [-0.3, -0.25) is 4.99 Å². The zero-order chi connectivity index (χ0) is 10.4. The third-order valence-electron chi connectivity index (χ3n) is 2.71. The van der Waals surface area contributed by atoms with Crippen molar-refractivity contribution in [1.82, 2.24) is 5.32 Å². The quantitative estimate of drug-likeness (QED) is 0.644. The molecule has 0 spiro atoms. The highest BCUT2D eigenvalue weighted by atomic mass is 14.9. The predicted octanol–water partition coefficient (Wildman–Crippen LogP) is 2.27. The molecule has 0 radical (unpaired) electrons. The molecule has 2 heteroatoms. The molecule has 1 aliphatic carbocycles. The Balaban J connectivity index is 2.16. The van der Waals surface area contributed by atoms with Crippen LogP contribution in [-0.4, -0.2) is 25.3 Å². The Morgan fingerprint density at radius 3 is 2.79 bits per heavy atom. The Labute approximate surface area is 87.5 Å². The van der Waals surface area contributed by atoms with Crippen molar-refractivity contribution in [2.75, 3.05) is 19.6 Å². The number of nitrogens with zero attached hydrogens (tertiary/aromatic N) is 1. The fraction of sp³-hybridized carbons (Fsp3) is 0.750. The summed E-state index contributed by atoms with van der Waals surface area (Å²) in [5.74, 6) is 1.86. The van der Waals surface area contributed by atoms with Crippen LogP contribution in [0.3, 0.4) is 0 Å². The van der Waals surface area contributed by atoms with E-state index in [4.69, 9.17) is 0 Å². The van der Waals surface area contributed by atoms with Crippen LogP contribution >= 0.6 is 0 Å². The minimum absolute atomic E-state index is 0.876. The molecule has 1 N–H and O–H groups in total. The highest BCUT2D eigenvalue weighted by Gasteiger charge is 2.31. The predicted molar refractivity (Wildman–Crippen MR) is 62.9 cm³/mol. The van der Waals surface area contributed by atoms with Crippen LogP contribution in [0.5, 0.6) is 0 Å². The van der Waals surface area contributed by atoms with E-state index in [1.54, 1.807) is 0 Å². The number of nitrogens with one attached hydrogen (secondary N) is 1. The molecule has 2 atom stereocenters. The van der Waals surface area contributed by atoms with E-state index < -0.39 is 0 Å². The highest BCUT2D eigenvalue weighted by molar-refractivity contribution is 5.96. The lowest BCUT2D eigenvalue weighted by Crippen LogP contribution is -2.24. The van der Waals surface area contributed by atoms with E-state index in [9.17, 15) is 0 Å². The van der Waals surface area contributed by atoms with Gasteiger partial charge < -0.3 is 5.32 Å². The average molecular weight is 194 g/mol. The Kier molecular flexibility index (Phi) is 4.88. The summed E-state index contributed by atoms with van der Waals surface area (Å²) in [4.78, 5) is 4.42. The van der Waals surface area contributed by atoms with Gasteiger partial charge in [0.25, 0.3) is 0 Å². The molecule has 0 aromatic carbocycles. The molecule has 14 heavy (non-hydrogen) atoms. The fourth-order valence-corrected chi connectivity index (χ4v) is 1.63.